The number of nitrogens with one attached hydrogen (secondary N) is 1. The van der Waals surface area contributed by atoms with Gasteiger partial charge in [0.1, 0.15) is 5.75 Å². The predicted octanol–water partition coefficient (Wildman–Crippen LogP) is 1.67. The van der Waals surface area contributed by atoms with Crippen LogP contribution in [0, 0.1) is 6.92 Å². The number of aromatic nitrogens is 1. The van der Waals surface area contributed by atoms with Crippen LogP contribution in [-0.2, 0) is 11.3 Å². The molecule has 17 heavy (non-hydrogen) atoms. The number of hydrogen-bond donors (Lipinski definition) is 1. The molecule has 2 rings (SSSR count). The van der Waals surface area contributed by atoms with E-state index in [1.165, 1.54) is 0 Å². The van der Waals surface area contributed by atoms with Gasteiger partial charge in [-0.05, 0) is 32.9 Å². The average Bonchev–Trinajstić information content (AvgIpc) is 2.37. The minimum atomic E-state index is 0.365. The van der Waals surface area contributed by atoms with E-state index in [0.717, 1.165) is 43.1 Å². The van der Waals surface area contributed by atoms with Gasteiger partial charge in [0.25, 0.3) is 0 Å². The summed E-state index contributed by atoms with van der Waals surface area (Å²) in [4.78, 5) is 4.45. The van der Waals surface area contributed by atoms with Gasteiger partial charge in [0.15, 0.2) is 0 Å². The van der Waals surface area contributed by atoms with Gasteiger partial charge >= 0.3 is 0 Å². The van der Waals surface area contributed by atoms with E-state index >= 15 is 0 Å². The quantitative estimate of drug-likeness (QED) is 0.863. The van der Waals surface area contributed by atoms with Crippen LogP contribution in [-0.4, -0.2) is 31.3 Å². The van der Waals surface area contributed by atoms with Crippen molar-refractivity contribution in [2.24, 2.45) is 0 Å². The molecule has 1 aromatic heterocycles. The summed E-state index contributed by atoms with van der Waals surface area (Å²) in [5, 5.41) is 3.32. The maximum absolute atomic E-state index is 5.87. The van der Waals surface area contributed by atoms with Crippen molar-refractivity contribution in [2.45, 2.75) is 32.5 Å². The Bertz CT molecular complexity index is 362. The van der Waals surface area contributed by atoms with E-state index in [0.29, 0.717) is 12.7 Å². The van der Waals surface area contributed by atoms with Crippen LogP contribution in [0.15, 0.2) is 12.1 Å². The molecule has 0 atom stereocenters. The molecule has 0 unspecified atom stereocenters. The van der Waals surface area contributed by atoms with Crippen molar-refractivity contribution < 1.29 is 9.47 Å². The van der Waals surface area contributed by atoms with E-state index in [1.54, 1.807) is 7.11 Å². The SMILES string of the molecule is COc1cc(C)nc(COC2CCNCC2)c1. The first-order valence-electron chi connectivity index (χ1n) is 6.12. The number of hydrogen-bond acceptors (Lipinski definition) is 4. The van der Waals surface area contributed by atoms with Gasteiger partial charge in [0, 0.05) is 17.8 Å². The Morgan fingerprint density at radius 1 is 1.35 bits per heavy atom. The number of piperidine rings is 1. The van der Waals surface area contributed by atoms with E-state index < -0.39 is 0 Å². The summed E-state index contributed by atoms with van der Waals surface area (Å²) < 4.78 is 11.1. The van der Waals surface area contributed by atoms with Crippen LogP contribution in [0.3, 0.4) is 0 Å². The normalized spacial score (nSPS) is 17.1. The lowest BCUT2D eigenvalue weighted by Gasteiger charge is -2.22. The lowest BCUT2D eigenvalue weighted by atomic mass is 10.1. The van der Waals surface area contributed by atoms with E-state index in [2.05, 4.69) is 10.3 Å². The molecule has 94 valence electrons. The molecule has 0 aliphatic carbocycles. The van der Waals surface area contributed by atoms with Crippen molar-refractivity contribution in [3.8, 4) is 5.75 Å². The van der Waals surface area contributed by atoms with Crippen LogP contribution in [0.4, 0.5) is 0 Å². The third kappa shape index (κ3) is 3.68. The largest absolute Gasteiger partial charge is 0.497 e. The molecule has 1 aliphatic heterocycles. The smallest absolute Gasteiger partial charge is 0.122 e. The van der Waals surface area contributed by atoms with Crippen LogP contribution in [0.5, 0.6) is 5.75 Å². The summed E-state index contributed by atoms with van der Waals surface area (Å²) in [6.07, 6.45) is 2.54. The Morgan fingerprint density at radius 3 is 2.82 bits per heavy atom. The topological polar surface area (TPSA) is 43.4 Å². The second kappa shape index (κ2) is 5.98. The lowest BCUT2D eigenvalue weighted by molar-refractivity contribution is 0.0194. The second-order valence-electron chi connectivity index (χ2n) is 4.40. The lowest BCUT2D eigenvalue weighted by Crippen LogP contribution is -2.32. The van der Waals surface area contributed by atoms with Crippen molar-refractivity contribution in [1.82, 2.24) is 10.3 Å². The fraction of sp³-hybridized carbons (Fsp3) is 0.615. The van der Waals surface area contributed by atoms with Crippen molar-refractivity contribution in [3.63, 3.8) is 0 Å². The Kier molecular flexibility index (Phi) is 4.34. The molecule has 0 bridgehead atoms. The third-order valence-electron chi connectivity index (χ3n) is 2.97. The number of nitrogens with zero attached hydrogens (tertiary/aromatic N) is 1. The van der Waals surface area contributed by atoms with Gasteiger partial charge in [-0.2, -0.15) is 0 Å². The molecule has 2 heterocycles. The maximum atomic E-state index is 5.87. The first kappa shape index (κ1) is 12.3. The Hall–Kier alpha value is -1.13. The minimum Gasteiger partial charge on any atom is -0.497 e. The second-order valence-corrected chi connectivity index (χ2v) is 4.40. The summed E-state index contributed by atoms with van der Waals surface area (Å²) in [7, 11) is 1.67. The number of methoxy groups -OCH3 is 1. The highest BCUT2D eigenvalue weighted by atomic mass is 16.5. The minimum absolute atomic E-state index is 0.365. The molecule has 1 N–H and O–H groups in total. The highest BCUT2D eigenvalue weighted by Gasteiger charge is 2.13. The fourth-order valence-electron chi connectivity index (χ4n) is 2.06. The van der Waals surface area contributed by atoms with Crippen LogP contribution < -0.4 is 10.1 Å². The van der Waals surface area contributed by atoms with Gasteiger partial charge in [-0.3, -0.25) is 4.98 Å². The fourth-order valence-corrected chi connectivity index (χ4v) is 2.06. The van der Waals surface area contributed by atoms with E-state index in [4.69, 9.17) is 9.47 Å². The van der Waals surface area contributed by atoms with Gasteiger partial charge in [0.05, 0.1) is 25.5 Å². The van der Waals surface area contributed by atoms with Crippen LogP contribution in [0.2, 0.25) is 0 Å². The number of ether oxygens (including phenoxy) is 2. The summed E-state index contributed by atoms with van der Waals surface area (Å²) in [6, 6.07) is 3.86. The molecule has 0 saturated carbocycles. The molecular weight excluding hydrogens is 216 g/mol. The molecule has 4 heteroatoms. The van der Waals surface area contributed by atoms with Gasteiger partial charge in [-0.1, -0.05) is 0 Å². The zero-order valence-corrected chi connectivity index (χ0v) is 10.5. The Labute approximate surface area is 102 Å². The zero-order chi connectivity index (χ0) is 12.1. The summed E-state index contributed by atoms with van der Waals surface area (Å²) >= 11 is 0. The standard InChI is InChI=1S/C13H20N2O2/c1-10-7-13(16-2)8-11(15-10)9-17-12-3-5-14-6-4-12/h7-8,12,14H,3-6,9H2,1-2H3. The van der Waals surface area contributed by atoms with Crippen LogP contribution in [0.1, 0.15) is 24.2 Å². The predicted molar refractivity (Wildman–Crippen MR) is 66.2 cm³/mol. The van der Waals surface area contributed by atoms with E-state index in [-0.39, 0.29) is 0 Å². The number of rotatable bonds is 4. The number of aryl methyl sites for hydroxylation is 1. The van der Waals surface area contributed by atoms with Crippen LogP contribution >= 0.6 is 0 Å². The van der Waals surface area contributed by atoms with Gasteiger partial charge in [0.2, 0.25) is 0 Å². The Balaban J connectivity index is 1.91. The molecule has 4 nitrogen and oxygen atoms in total. The van der Waals surface area contributed by atoms with Gasteiger partial charge in [-0.15, -0.1) is 0 Å². The van der Waals surface area contributed by atoms with Crippen molar-refractivity contribution in [2.75, 3.05) is 20.2 Å². The highest BCUT2D eigenvalue weighted by molar-refractivity contribution is 5.26. The van der Waals surface area contributed by atoms with E-state index in [1.807, 2.05) is 19.1 Å². The molecular formula is C13H20N2O2. The summed E-state index contributed by atoms with van der Waals surface area (Å²) in [5.41, 5.74) is 1.91. The van der Waals surface area contributed by atoms with Crippen molar-refractivity contribution >= 4 is 0 Å². The van der Waals surface area contributed by atoms with Crippen LogP contribution in [0.25, 0.3) is 0 Å². The summed E-state index contributed by atoms with van der Waals surface area (Å²) in [6.45, 7) is 4.64. The average molecular weight is 236 g/mol. The maximum Gasteiger partial charge on any atom is 0.122 e. The first-order valence-corrected chi connectivity index (χ1v) is 6.12. The molecule has 1 aliphatic rings. The highest BCUT2D eigenvalue weighted by Crippen LogP contribution is 2.16. The first-order chi connectivity index (χ1) is 8.28. The molecule has 0 amide bonds. The molecule has 0 radical (unpaired) electrons. The molecule has 1 aromatic rings. The monoisotopic (exact) mass is 236 g/mol. The molecule has 1 saturated heterocycles. The summed E-state index contributed by atoms with van der Waals surface area (Å²) in [5.74, 6) is 0.849. The van der Waals surface area contributed by atoms with E-state index in [9.17, 15) is 0 Å². The molecule has 1 fully saturated rings. The molecule has 0 spiro atoms. The third-order valence-corrected chi connectivity index (χ3v) is 2.97. The number of pyridine rings is 1. The van der Waals surface area contributed by atoms with Gasteiger partial charge < -0.3 is 14.8 Å². The van der Waals surface area contributed by atoms with Gasteiger partial charge in [-0.25, -0.2) is 0 Å². The molecule has 0 aromatic carbocycles. The van der Waals surface area contributed by atoms with Crippen molar-refractivity contribution in [1.29, 1.82) is 0 Å². The van der Waals surface area contributed by atoms with Crippen molar-refractivity contribution in [3.05, 3.63) is 23.5 Å². The Morgan fingerprint density at radius 2 is 2.12 bits per heavy atom. The zero-order valence-electron chi connectivity index (χ0n) is 10.5.